The van der Waals surface area contributed by atoms with Crippen molar-refractivity contribution in [2.45, 2.75) is 6.42 Å². The normalized spacial score (nSPS) is 10.1. The summed E-state index contributed by atoms with van der Waals surface area (Å²) in [6.07, 6.45) is 0.586. The van der Waals surface area contributed by atoms with Crippen LogP contribution in [0, 0.1) is 10.1 Å². The van der Waals surface area contributed by atoms with E-state index in [0.717, 1.165) is 0 Å². The van der Waals surface area contributed by atoms with Crippen molar-refractivity contribution < 1.29 is 19.2 Å². The van der Waals surface area contributed by atoms with E-state index in [9.17, 15) is 14.9 Å². The lowest BCUT2D eigenvalue weighted by molar-refractivity contribution is -0.384. The third kappa shape index (κ3) is 3.97. The van der Waals surface area contributed by atoms with E-state index < -0.39 is 10.9 Å². The number of methoxy groups -OCH3 is 1. The fourth-order valence-corrected chi connectivity index (χ4v) is 1.48. The van der Waals surface area contributed by atoms with Crippen LogP contribution < -0.4 is 0 Å². The van der Waals surface area contributed by atoms with E-state index in [0.29, 0.717) is 13.0 Å². The summed E-state index contributed by atoms with van der Waals surface area (Å²) in [6.45, 7) is 0.718. The van der Waals surface area contributed by atoms with Crippen LogP contribution in [0.2, 0.25) is 5.02 Å². The van der Waals surface area contributed by atoms with Crippen LogP contribution in [0.25, 0.3) is 0 Å². The van der Waals surface area contributed by atoms with Gasteiger partial charge in [-0.15, -0.1) is 0 Å². The summed E-state index contributed by atoms with van der Waals surface area (Å²) >= 11 is 5.68. The first-order valence-corrected chi connectivity index (χ1v) is 5.54. The third-order valence-electron chi connectivity index (χ3n) is 2.11. The Kier molecular flexibility index (Phi) is 5.54. The molecule has 6 nitrogen and oxygen atoms in total. The molecule has 0 aliphatic heterocycles. The summed E-state index contributed by atoms with van der Waals surface area (Å²) in [4.78, 5) is 21.5. The van der Waals surface area contributed by atoms with Crippen LogP contribution in [0.4, 0.5) is 5.69 Å². The molecule has 0 spiro atoms. The Bertz CT molecular complexity index is 449. The van der Waals surface area contributed by atoms with Crippen molar-refractivity contribution in [1.29, 1.82) is 0 Å². The van der Waals surface area contributed by atoms with E-state index in [1.165, 1.54) is 18.2 Å². The van der Waals surface area contributed by atoms with E-state index in [2.05, 4.69) is 0 Å². The van der Waals surface area contributed by atoms with Crippen LogP contribution in [0.15, 0.2) is 18.2 Å². The number of nitrogens with zero attached hydrogens (tertiary/aromatic N) is 1. The molecular weight excluding hydrogens is 262 g/mol. The topological polar surface area (TPSA) is 78.7 Å². The van der Waals surface area contributed by atoms with Gasteiger partial charge in [0.1, 0.15) is 5.02 Å². The van der Waals surface area contributed by atoms with Gasteiger partial charge in [0.25, 0.3) is 5.69 Å². The van der Waals surface area contributed by atoms with Gasteiger partial charge in [0.15, 0.2) is 0 Å². The van der Waals surface area contributed by atoms with Crippen molar-refractivity contribution in [3.05, 3.63) is 38.9 Å². The number of nitro benzene ring substituents is 1. The number of benzene rings is 1. The molecule has 0 amide bonds. The van der Waals surface area contributed by atoms with Gasteiger partial charge in [-0.3, -0.25) is 10.1 Å². The van der Waals surface area contributed by atoms with Gasteiger partial charge in [-0.05, 0) is 12.1 Å². The summed E-state index contributed by atoms with van der Waals surface area (Å²) in [7, 11) is 1.55. The maximum absolute atomic E-state index is 11.5. The van der Waals surface area contributed by atoms with Crippen molar-refractivity contribution in [2.24, 2.45) is 0 Å². The fraction of sp³-hybridized carbons (Fsp3) is 0.364. The zero-order chi connectivity index (χ0) is 13.5. The quantitative estimate of drug-likeness (QED) is 0.344. The van der Waals surface area contributed by atoms with Crippen molar-refractivity contribution in [3.8, 4) is 0 Å². The standard InChI is InChI=1S/C11H12ClNO5/c1-17-5-2-6-18-11(14)8-3-4-10(13(15)16)9(12)7-8/h3-4,7H,2,5-6H2,1H3. The average molecular weight is 274 g/mol. The first-order chi connectivity index (χ1) is 8.56. The van der Waals surface area contributed by atoms with Crippen LogP contribution in [0.1, 0.15) is 16.8 Å². The second kappa shape index (κ2) is 6.93. The highest BCUT2D eigenvalue weighted by atomic mass is 35.5. The molecule has 0 radical (unpaired) electrons. The van der Waals surface area contributed by atoms with Crippen LogP contribution in [-0.4, -0.2) is 31.2 Å². The predicted octanol–water partition coefficient (Wildman–Crippen LogP) is 2.44. The van der Waals surface area contributed by atoms with Gasteiger partial charge >= 0.3 is 5.97 Å². The average Bonchev–Trinajstić information content (AvgIpc) is 2.33. The SMILES string of the molecule is COCCCOC(=O)c1ccc([N+](=O)[O-])c(Cl)c1. The molecule has 7 heteroatoms. The number of halogens is 1. The molecule has 0 aliphatic carbocycles. The summed E-state index contributed by atoms with van der Waals surface area (Å²) < 4.78 is 9.74. The molecule has 1 aromatic rings. The Balaban J connectivity index is 2.64. The maximum Gasteiger partial charge on any atom is 0.338 e. The Labute approximate surface area is 109 Å². The van der Waals surface area contributed by atoms with E-state index in [-0.39, 0.29) is 22.9 Å². The molecule has 0 atom stereocenters. The van der Waals surface area contributed by atoms with Crippen molar-refractivity contribution in [1.82, 2.24) is 0 Å². The molecule has 0 heterocycles. The molecule has 0 saturated heterocycles. The molecule has 0 fully saturated rings. The molecule has 0 bridgehead atoms. The van der Waals surface area contributed by atoms with Crippen molar-refractivity contribution in [3.63, 3.8) is 0 Å². The first-order valence-electron chi connectivity index (χ1n) is 5.16. The van der Waals surface area contributed by atoms with Gasteiger partial charge in [0.2, 0.25) is 0 Å². The summed E-state index contributed by atoms with van der Waals surface area (Å²) in [6, 6.07) is 3.70. The van der Waals surface area contributed by atoms with Gasteiger partial charge in [-0.1, -0.05) is 11.6 Å². The summed E-state index contributed by atoms with van der Waals surface area (Å²) in [5.74, 6) is -0.567. The van der Waals surface area contributed by atoms with Gasteiger partial charge < -0.3 is 9.47 Å². The lowest BCUT2D eigenvalue weighted by Gasteiger charge is -2.04. The third-order valence-corrected chi connectivity index (χ3v) is 2.41. The minimum Gasteiger partial charge on any atom is -0.462 e. The lowest BCUT2D eigenvalue weighted by atomic mass is 10.2. The molecule has 0 unspecified atom stereocenters. The maximum atomic E-state index is 11.5. The lowest BCUT2D eigenvalue weighted by Crippen LogP contribution is -2.08. The molecule has 1 rings (SSSR count). The molecular formula is C11H12ClNO5. The van der Waals surface area contributed by atoms with Gasteiger partial charge in [-0.25, -0.2) is 4.79 Å². The minimum absolute atomic E-state index is 0.0914. The fourth-order valence-electron chi connectivity index (χ4n) is 1.23. The highest BCUT2D eigenvalue weighted by Crippen LogP contribution is 2.25. The molecule has 0 N–H and O–H groups in total. The number of ether oxygens (including phenoxy) is 2. The molecule has 98 valence electrons. The first kappa shape index (κ1) is 14.4. The van der Waals surface area contributed by atoms with Crippen LogP contribution in [-0.2, 0) is 9.47 Å². The van der Waals surface area contributed by atoms with Crippen molar-refractivity contribution in [2.75, 3.05) is 20.3 Å². The van der Waals surface area contributed by atoms with E-state index in [1.54, 1.807) is 7.11 Å². The number of nitro groups is 1. The van der Waals surface area contributed by atoms with Crippen LogP contribution in [0.5, 0.6) is 0 Å². The predicted molar refractivity (Wildman–Crippen MR) is 64.9 cm³/mol. The van der Waals surface area contributed by atoms with Gasteiger partial charge in [-0.2, -0.15) is 0 Å². The molecule has 0 saturated carbocycles. The zero-order valence-electron chi connectivity index (χ0n) is 9.72. The van der Waals surface area contributed by atoms with Crippen LogP contribution >= 0.6 is 11.6 Å². The number of hydrogen-bond donors (Lipinski definition) is 0. The minimum atomic E-state index is -0.615. The monoisotopic (exact) mass is 273 g/mol. The highest BCUT2D eigenvalue weighted by Gasteiger charge is 2.15. The molecule has 1 aromatic carbocycles. The Hall–Kier alpha value is -1.66. The second-order valence-corrected chi connectivity index (χ2v) is 3.81. The van der Waals surface area contributed by atoms with Crippen LogP contribution in [0.3, 0.4) is 0 Å². The molecule has 0 aromatic heterocycles. The number of hydrogen-bond acceptors (Lipinski definition) is 5. The van der Waals surface area contributed by atoms with E-state index >= 15 is 0 Å². The smallest absolute Gasteiger partial charge is 0.338 e. The Morgan fingerprint density at radius 1 is 1.44 bits per heavy atom. The zero-order valence-corrected chi connectivity index (χ0v) is 10.5. The van der Waals surface area contributed by atoms with E-state index in [4.69, 9.17) is 21.1 Å². The molecule has 18 heavy (non-hydrogen) atoms. The number of carbonyl (C=O) groups excluding carboxylic acids is 1. The molecule has 0 aliphatic rings. The summed E-state index contributed by atoms with van der Waals surface area (Å²) in [5, 5.41) is 10.4. The summed E-state index contributed by atoms with van der Waals surface area (Å²) in [5.41, 5.74) is -0.0596. The number of carbonyl (C=O) groups is 1. The Morgan fingerprint density at radius 3 is 2.72 bits per heavy atom. The van der Waals surface area contributed by atoms with Crippen molar-refractivity contribution >= 4 is 23.3 Å². The van der Waals surface area contributed by atoms with Gasteiger partial charge in [0, 0.05) is 26.2 Å². The highest BCUT2D eigenvalue weighted by molar-refractivity contribution is 6.33. The largest absolute Gasteiger partial charge is 0.462 e. The van der Waals surface area contributed by atoms with Gasteiger partial charge in [0.05, 0.1) is 17.1 Å². The van der Waals surface area contributed by atoms with E-state index in [1.807, 2.05) is 0 Å². The number of rotatable bonds is 6. The number of esters is 1. The Morgan fingerprint density at radius 2 is 2.17 bits per heavy atom. The second-order valence-electron chi connectivity index (χ2n) is 3.41.